The zero-order valence-electron chi connectivity index (χ0n) is 8.06. The Hall–Kier alpha value is -0.520. The summed E-state index contributed by atoms with van der Waals surface area (Å²) in [5.74, 6) is 0. The lowest BCUT2D eigenvalue weighted by atomic mass is 10.1. The lowest BCUT2D eigenvalue weighted by molar-refractivity contribution is 0.915. The Labute approximate surface area is 71.0 Å². The van der Waals surface area contributed by atoms with E-state index in [0.717, 1.165) is 0 Å². The molecule has 0 fully saturated rings. The molecule has 0 heteroatoms. The summed E-state index contributed by atoms with van der Waals surface area (Å²) in [5.41, 5.74) is 1.47. The Morgan fingerprint density at radius 2 is 1.91 bits per heavy atom. The molecule has 11 heavy (non-hydrogen) atoms. The van der Waals surface area contributed by atoms with Crippen LogP contribution in [0.3, 0.4) is 0 Å². The molecule has 0 N–H and O–H groups in total. The lowest BCUT2D eigenvalue weighted by Gasteiger charge is -1.96. The zero-order chi connectivity index (χ0) is 8.53. The molecular formula is C11H20. The molecular weight excluding hydrogens is 132 g/mol. The highest BCUT2D eigenvalue weighted by atomic mass is 13.9. The van der Waals surface area contributed by atoms with Gasteiger partial charge >= 0.3 is 0 Å². The van der Waals surface area contributed by atoms with Gasteiger partial charge in [0.25, 0.3) is 0 Å². The van der Waals surface area contributed by atoms with Crippen molar-refractivity contribution in [3.8, 4) is 0 Å². The van der Waals surface area contributed by atoms with Gasteiger partial charge in [-0.1, -0.05) is 50.5 Å². The quantitative estimate of drug-likeness (QED) is 0.520. The molecule has 0 heterocycles. The predicted octanol–water partition coefficient (Wildman–Crippen LogP) is 4.09. The van der Waals surface area contributed by atoms with Crippen LogP contribution in [-0.2, 0) is 0 Å². The van der Waals surface area contributed by atoms with Crippen LogP contribution in [-0.4, -0.2) is 0 Å². The SMILES string of the molecule is C/C=C(\C=C/CCC)CCC. The number of allylic oxidation sites excluding steroid dienone is 4. The third kappa shape index (κ3) is 5.90. The van der Waals surface area contributed by atoms with Gasteiger partial charge in [-0.15, -0.1) is 0 Å². The standard InChI is InChI=1S/C11H20/c1-4-7-8-10-11(6-3)9-5-2/h6,8,10H,4-5,7,9H2,1-3H3/b10-8-,11-6-. The maximum absolute atomic E-state index is 2.27. The molecule has 0 spiro atoms. The average molecular weight is 152 g/mol. The summed E-state index contributed by atoms with van der Waals surface area (Å²) in [4.78, 5) is 0. The molecule has 0 saturated heterocycles. The van der Waals surface area contributed by atoms with Crippen molar-refractivity contribution in [1.82, 2.24) is 0 Å². The van der Waals surface area contributed by atoms with Crippen LogP contribution in [0.25, 0.3) is 0 Å². The second kappa shape index (κ2) is 7.59. The molecule has 0 bridgehead atoms. The highest BCUT2D eigenvalue weighted by Crippen LogP contribution is 2.06. The van der Waals surface area contributed by atoms with Crippen molar-refractivity contribution in [2.45, 2.75) is 46.5 Å². The fraction of sp³-hybridized carbons (Fsp3) is 0.636. The van der Waals surface area contributed by atoms with Crippen molar-refractivity contribution < 1.29 is 0 Å². The van der Waals surface area contributed by atoms with Crippen LogP contribution < -0.4 is 0 Å². The van der Waals surface area contributed by atoms with Gasteiger partial charge in [0.2, 0.25) is 0 Å². The Balaban J connectivity index is 3.69. The van der Waals surface area contributed by atoms with E-state index in [2.05, 4.69) is 39.0 Å². The van der Waals surface area contributed by atoms with Gasteiger partial charge in [0.1, 0.15) is 0 Å². The van der Waals surface area contributed by atoms with Gasteiger partial charge in [0, 0.05) is 0 Å². The summed E-state index contributed by atoms with van der Waals surface area (Å²) < 4.78 is 0. The molecule has 0 aliphatic rings. The maximum atomic E-state index is 2.27. The van der Waals surface area contributed by atoms with E-state index in [1.807, 2.05) is 0 Å². The molecule has 0 aromatic carbocycles. The van der Waals surface area contributed by atoms with Crippen molar-refractivity contribution in [1.29, 1.82) is 0 Å². The second-order valence-corrected chi connectivity index (χ2v) is 2.80. The summed E-state index contributed by atoms with van der Waals surface area (Å²) in [7, 11) is 0. The Kier molecular flexibility index (Phi) is 7.23. The molecule has 0 rings (SSSR count). The summed E-state index contributed by atoms with van der Waals surface area (Å²) in [5, 5.41) is 0. The van der Waals surface area contributed by atoms with Crippen LogP contribution in [0.1, 0.15) is 46.5 Å². The van der Waals surface area contributed by atoms with E-state index in [0.29, 0.717) is 0 Å². The third-order valence-corrected chi connectivity index (χ3v) is 1.70. The van der Waals surface area contributed by atoms with Crippen LogP contribution >= 0.6 is 0 Å². The monoisotopic (exact) mass is 152 g/mol. The third-order valence-electron chi connectivity index (χ3n) is 1.70. The summed E-state index contributed by atoms with van der Waals surface area (Å²) in [6.07, 6.45) is 11.7. The number of hydrogen-bond donors (Lipinski definition) is 0. The van der Waals surface area contributed by atoms with E-state index in [1.165, 1.54) is 31.3 Å². The molecule has 0 aliphatic carbocycles. The molecule has 0 amide bonds. The van der Waals surface area contributed by atoms with E-state index in [4.69, 9.17) is 0 Å². The van der Waals surface area contributed by atoms with Crippen LogP contribution in [0, 0.1) is 0 Å². The highest BCUT2D eigenvalue weighted by molar-refractivity contribution is 5.17. The normalized spacial score (nSPS) is 12.8. The molecule has 0 atom stereocenters. The van der Waals surface area contributed by atoms with Crippen molar-refractivity contribution in [3.05, 3.63) is 23.8 Å². The second-order valence-electron chi connectivity index (χ2n) is 2.80. The van der Waals surface area contributed by atoms with Crippen LogP contribution in [0.4, 0.5) is 0 Å². The molecule has 0 nitrogen and oxygen atoms in total. The van der Waals surface area contributed by atoms with Gasteiger partial charge in [0.15, 0.2) is 0 Å². The maximum Gasteiger partial charge on any atom is -0.0285 e. The van der Waals surface area contributed by atoms with E-state index < -0.39 is 0 Å². The number of unbranched alkanes of at least 4 members (excludes halogenated alkanes) is 1. The smallest absolute Gasteiger partial charge is 0.0285 e. The van der Waals surface area contributed by atoms with Crippen LogP contribution in [0.5, 0.6) is 0 Å². The van der Waals surface area contributed by atoms with Crippen molar-refractivity contribution in [2.24, 2.45) is 0 Å². The van der Waals surface area contributed by atoms with Crippen LogP contribution in [0.2, 0.25) is 0 Å². The van der Waals surface area contributed by atoms with E-state index in [-0.39, 0.29) is 0 Å². The topological polar surface area (TPSA) is 0 Å². The van der Waals surface area contributed by atoms with Gasteiger partial charge < -0.3 is 0 Å². The molecule has 0 radical (unpaired) electrons. The van der Waals surface area contributed by atoms with Crippen molar-refractivity contribution in [2.75, 3.05) is 0 Å². The molecule has 64 valence electrons. The summed E-state index contributed by atoms with van der Waals surface area (Å²) >= 11 is 0. The first kappa shape index (κ1) is 10.5. The summed E-state index contributed by atoms with van der Waals surface area (Å²) in [6, 6.07) is 0. The van der Waals surface area contributed by atoms with E-state index in [1.54, 1.807) is 0 Å². The van der Waals surface area contributed by atoms with Gasteiger partial charge in [-0.2, -0.15) is 0 Å². The Morgan fingerprint density at radius 3 is 2.36 bits per heavy atom. The van der Waals surface area contributed by atoms with E-state index in [9.17, 15) is 0 Å². The molecule has 0 saturated carbocycles. The summed E-state index contributed by atoms with van der Waals surface area (Å²) in [6.45, 7) is 6.54. The van der Waals surface area contributed by atoms with Gasteiger partial charge in [0.05, 0.1) is 0 Å². The highest BCUT2D eigenvalue weighted by Gasteiger charge is 1.86. The van der Waals surface area contributed by atoms with E-state index >= 15 is 0 Å². The lowest BCUT2D eigenvalue weighted by Crippen LogP contribution is -1.75. The number of rotatable bonds is 5. The van der Waals surface area contributed by atoms with Gasteiger partial charge in [-0.3, -0.25) is 0 Å². The molecule has 0 aromatic rings. The fourth-order valence-electron chi connectivity index (χ4n) is 1.01. The Bertz CT molecular complexity index is 129. The molecule has 0 aromatic heterocycles. The zero-order valence-corrected chi connectivity index (χ0v) is 8.06. The van der Waals surface area contributed by atoms with Crippen molar-refractivity contribution in [3.63, 3.8) is 0 Å². The first-order valence-corrected chi connectivity index (χ1v) is 4.66. The van der Waals surface area contributed by atoms with Gasteiger partial charge in [-0.05, 0) is 19.8 Å². The first-order chi connectivity index (χ1) is 5.35. The fourth-order valence-corrected chi connectivity index (χ4v) is 1.01. The Morgan fingerprint density at radius 1 is 1.18 bits per heavy atom. The molecule has 0 unspecified atom stereocenters. The average Bonchev–Trinajstić information content (AvgIpc) is 2.03. The minimum absolute atomic E-state index is 1.21. The first-order valence-electron chi connectivity index (χ1n) is 4.66. The van der Waals surface area contributed by atoms with Crippen LogP contribution in [0.15, 0.2) is 23.8 Å². The molecule has 0 aliphatic heterocycles. The predicted molar refractivity (Wildman–Crippen MR) is 52.7 cm³/mol. The minimum atomic E-state index is 1.21. The largest absolute Gasteiger partial charge is 0.0845 e. The number of hydrogen-bond acceptors (Lipinski definition) is 0. The van der Waals surface area contributed by atoms with Crippen molar-refractivity contribution >= 4 is 0 Å². The minimum Gasteiger partial charge on any atom is -0.0845 e. The van der Waals surface area contributed by atoms with Gasteiger partial charge in [-0.25, -0.2) is 0 Å².